The van der Waals surface area contributed by atoms with E-state index in [2.05, 4.69) is 19.2 Å². The highest BCUT2D eigenvalue weighted by molar-refractivity contribution is 7.90. The van der Waals surface area contributed by atoms with Gasteiger partial charge in [-0.15, -0.1) is 0 Å². The highest BCUT2D eigenvalue weighted by atomic mass is 32.2. The molecule has 1 aliphatic rings. The fourth-order valence-electron chi connectivity index (χ4n) is 1.43. The van der Waals surface area contributed by atoms with E-state index in [0.29, 0.717) is 17.2 Å². The van der Waals surface area contributed by atoms with Gasteiger partial charge in [0.25, 0.3) is 0 Å². The molecule has 0 aromatic carbocycles. The number of rotatable bonds is 5. The van der Waals surface area contributed by atoms with Crippen LogP contribution in [0.2, 0.25) is 0 Å². The van der Waals surface area contributed by atoms with Crippen molar-refractivity contribution in [1.82, 2.24) is 5.32 Å². The molecule has 13 heavy (non-hydrogen) atoms. The van der Waals surface area contributed by atoms with Crippen LogP contribution in [-0.2, 0) is 9.84 Å². The molecule has 3 nitrogen and oxygen atoms in total. The van der Waals surface area contributed by atoms with Crippen molar-refractivity contribution in [3.05, 3.63) is 0 Å². The number of sulfone groups is 1. The lowest BCUT2D eigenvalue weighted by Gasteiger charge is -2.05. The van der Waals surface area contributed by atoms with E-state index < -0.39 is 9.84 Å². The molecule has 0 bridgehead atoms. The second kappa shape index (κ2) is 3.58. The van der Waals surface area contributed by atoms with Gasteiger partial charge in [0.15, 0.2) is 0 Å². The summed E-state index contributed by atoms with van der Waals surface area (Å²) in [6, 6.07) is 0.604. The third-order valence-electron chi connectivity index (χ3n) is 2.60. The largest absolute Gasteiger partial charge is 0.313 e. The summed E-state index contributed by atoms with van der Waals surface area (Å²) in [5, 5.41) is 3.36. The van der Waals surface area contributed by atoms with Gasteiger partial charge < -0.3 is 5.32 Å². The summed E-state index contributed by atoms with van der Waals surface area (Å²) in [7, 11) is -2.77. The molecule has 0 aromatic rings. The Morgan fingerprint density at radius 3 is 2.38 bits per heavy atom. The van der Waals surface area contributed by atoms with Crippen molar-refractivity contribution in [1.29, 1.82) is 0 Å². The Hall–Kier alpha value is -0.0900. The van der Waals surface area contributed by atoms with E-state index in [1.165, 1.54) is 12.7 Å². The van der Waals surface area contributed by atoms with Gasteiger partial charge in [-0.3, -0.25) is 0 Å². The Morgan fingerprint density at radius 1 is 1.46 bits per heavy atom. The van der Waals surface area contributed by atoms with E-state index in [9.17, 15) is 8.42 Å². The molecule has 1 aliphatic carbocycles. The quantitative estimate of drug-likeness (QED) is 0.676. The summed E-state index contributed by atoms with van der Waals surface area (Å²) in [5.41, 5.74) is 0.436. The molecule has 0 spiro atoms. The topological polar surface area (TPSA) is 46.2 Å². The zero-order valence-corrected chi connectivity index (χ0v) is 9.45. The zero-order valence-electron chi connectivity index (χ0n) is 8.63. The van der Waals surface area contributed by atoms with Crippen molar-refractivity contribution in [3.63, 3.8) is 0 Å². The summed E-state index contributed by atoms with van der Waals surface area (Å²) in [6.07, 6.45) is 3.23. The lowest BCUT2D eigenvalue weighted by molar-refractivity contribution is 0.539. The fraction of sp³-hybridized carbons (Fsp3) is 1.00. The maximum absolute atomic E-state index is 10.8. The SMILES string of the molecule is CC1(C)CC1NCCCS(C)(=O)=O. The van der Waals surface area contributed by atoms with Crippen molar-refractivity contribution in [2.24, 2.45) is 5.41 Å². The van der Waals surface area contributed by atoms with Gasteiger partial charge in [0, 0.05) is 12.3 Å². The number of hydrogen-bond donors (Lipinski definition) is 1. The average Bonchev–Trinajstić information content (AvgIpc) is 2.50. The fourth-order valence-corrected chi connectivity index (χ4v) is 2.10. The van der Waals surface area contributed by atoms with Gasteiger partial charge in [-0.2, -0.15) is 0 Å². The maximum atomic E-state index is 10.8. The first-order valence-corrected chi connectivity index (χ1v) is 6.78. The Morgan fingerprint density at radius 2 is 2.00 bits per heavy atom. The third-order valence-corrected chi connectivity index (χ3v) is 3.63. The Kier molecular flexibility index (Phi) is 3.02. The van der Waals surface area contributed by atoms with Crippen LogP contribution in [0.4, 0.5) is 0 Å². The molecular formula is C9H19NO2S. The van der Waals surface area contributed by atoms with Crippen LogP contribution in [0.5, 0.6) is 0 Å². The lowest BCUT2D eigenvalue weighted by Crippen LogP contribution is -2.23. The number of nitrogens with one attached hydrogen (secondary N) is 1. The molecule has 0 heterocycles. The van der Waals surface area contributed by atoms with Crippen LogP contribution >= 0.6 is 0 Å². The third kappa shape index (κ3) is 4.09. The van der Waals surface area contributed by atoms with E-state index >= 15 is 0 Å². The minimum absolute atomic E-state index is 0.299. The van der Waals surface area contributed by atoms with Crippen LogP contribution in [0.25, 0.3) is 0 Å². The Labute approximate surface area is 80.8 Å². The van der Waals surface area contributed by atoms with E-state index in [4.69, 9.17) is 0 Å². The van der Waals surface area contributed by atoms with Crippen molar-refractivity contribution in [2.75, 3.05) is 18.6 Å². The van der Waals surface area contributed by atoms with E-state index in [0.717, 1.165) is 13.0 Å². The molecule has 0 amide bonds. The predicted molar refractivity (Wildman–Crippen MR) is 54.5 cm³/mol. The van der Waals surface area contributed by atoms with E-state index in [-0.39, 0.29) is 0 Å². The van der Waals surface area contributed by atoms with Crippen molar-refractivity contribution < 1.29 is 8.42 Å². The summed E-state index contributed by atoms with van der Waals surface area (Å²) in [4.78, 5) is 0. The second-order valence-corrected chi connectivity index (χ2v) is 6.94. The van der Waals surface area contributed by atoms with Crippen molar-refractivity contribution in [3.8, 4) is 0 Å². The minimum Gasteiger partial charge on any atom is -0.313 e. The van der Waals surface area contributed by atoms with E-state index in [1.807, 2.05) is 0 Å². The van der Waals surface area contributed by atoms with Gasteiger partial charge in [-0.1, -0.05) is 13.8 Å². The summed E-state index contributed by atoms with van der Waals surface area (Å²) in [6.45, 7) is 5.27. The molecule has 1 N–H and O–H groups in total. The Bertz CT molecular complexity index is 269. The van der Waals surface area contributed by atoms with Crippen molar-refractivity contribution in [2.45, 2.75) is 32.7 Å². The molecule has 0 aliphatic heterocycles. The molecule has 0 saturated heterocycles. The van der Waals surface area contributed by atoms with Crippen LogP contribution < -0.4 is 5.32 Å². The van der Waals surface area contributed by atoms with Crippen LogP contribution in [0.15, 0.2) is 0 Å². The molecule has 1 atom stereocenters. The normalized spacial score (nSPS) is 25.9. The summed E-state index contributed by atoms with van der Waals surface area (Å²) >= 11 is 0. The van der Waals surface area contributed by atoms with Crippen LogP contribution in [0.3, 0.4) is 0 Å². The first-order valence-electron chi connectivity index (χ1n) is 4.72. The van der Waals surface area contributed by atoms with Gasteiger partial charge >= 0.3 is 0 Å². The van der Waals surface area contributed by atoms with Crippen LogP contribution in [0.1, 0.15) is 26.7 Å². The van der Waals surface area contributed by atoms with Gasteiger partial charge in [0.2, 0.25) is 0 Å². The predicted octanol–water partition coefficient (Wildman–Crippen LogP) is 0.809. The smallest absolute Gasteiger partial charge is 0.147 e. The Balaban J connectivity index is 2.04. The molecule has 1 rings (SSSR count). The molecule has 0 aromatic heterocycles. The van der Waals surface area contributed by atoms with Gasteiger partial charge in [-0.05, 0) is 24.8 Å². The van der Waals surface area contributed by atoms with Gasteiger partial charge in [0.1, 0.15) is 9.84 Å². The molecule has 0 radical (unpaired) electrons. The summed E-state index contributed by atoms with van der Waals surface area (Å²) in [5.74, 6) is 0.299. The molecule has 1 fully saturated rings. The lowest BCUT2D eigenvalue weighted by atomic mass is 10.2. The monoisotopic (exact) mass is 205 g/mol. The van der Waals surface area contributed by atoms with Crippen molar-refractivity contribution >= 4 is 9.84 Å². The highest BCUT2D eigenvalue weighted by Gasteiger charge is 2.44. The summed E-state index contributed by atoms with van der Waals surface area (Å²) < 4.78 is 21.6. The molecule has 78 valence electrons. The van der Waals surface area contributed by atoms with Crippen LogP contribution in [0, 0.1) is 5.41 Å². The van der Waals surface area contributed by atoms with Gasteiger partial charge in [0.05, 0.1) is 5.75 Å². The van der Waals surface area contributed by atoms with Crippen LogP contribution in [-0.4, -0.2) is 33.0 Å². The first kappa shape index (κ1) is 11.0. The van der Waals surface area contributed by atoms with E-state index in [1.54, 1.807) is 0 Å². The standard InChI is InChI=1S/C9H19NO2S/c1-9(2)7-8(9)10-5-4-6-13(3,11)12/h8,10H,4-7H2,1-3H3. The second-order valence-electron chi connectivity index (χ2n) is 4.68. The zero-order chi connectivity index (χ0) is 10.1. The molecule has 1 saturated carbocycles. The highest BCUT2D eigenvalue weighted by Crippen LogP contribution is 2.44. The molecule has 1 unspecified atom stereocenters. The molecule has 4 heteroatoms. The molecular weight excluding hydrogens is 186 g/mol. The maximum Gasteiger partial charge on any atom is 0.147 e. The number of hydrogen-bond acceptors (Lipinski definition) is 3. The minimum atomic E-state index is -2.77. The average molecular weight is 205 g/mol. The first-order chi connectivity index (χ1) is 5.81. The van der Waals surface area contributed by atoms with Gasteiger partial charge in [-0.25, -0.2) is 8.42 Å².